The van der Waals surface area contributed by atoms with Crippen LogP contribution in [0.5, 0.6) is 11.5 Å². The minimum absolute atomic E-state index is 0.0152. The zero-order valence-corrected chi connectivity index (χ0v) is 19.9. The van der Waals surface area contributed by atoms with Crippen LogP contribution >= 0.6 is 0 Å². The van der Waals surface area contributed by atoms with E-state index < -0.39 is 0 Å². The van der Waals surface area contributed by atoms with Crippen molar-refractivity contribution in [3.05, 3.63) is 71.3 Å². The molecule has 0 unspecified atom stereocenters. The highest BCUT2D eigenvalue weighted by Gasteiger charge is 2.23. The quantitative estimate of drug-likeness (QED) is 0.506. The molecule has 1 aliphatic heterocycles. The fourth-order valence-electron chi connectivity index (χ4n) is 4.33. The molecule has 8 nitrogen and oxygen atoms in total. The monoisotopic (exact) mass is 463 g/mol. The van der Waals surface area contributed by atoms with Gasteiger partial charge in [0.1, 0.15) is 5.82 Å². The van der Waals surface area contributed by atoms with Gasteiger partial charge in [-0.05, 0) is 43.5 Å². The fourth-order valence-corrected chi connectivity index (χ4v) is 4.33. The second-order valence-corrected chi connectivity index (χ2v) is 8.66. The Hall–Kier alpha value is -3.39. The van der Waals surface area contributed by atoms with Crippen LogP contribution in [0, 0.1) is 0 Å². The van der Waals surface area contributed by atoms with E-state index in [-0.39, 0.29) is 17.7 Å². The molecule has 1 aliphatic rings. The van der Waals surface area contributed by atoms with Crippen molar-refractivity contribution in [3.8, 4) is 11.5 Å². The molecule has 34 heavy (non-hydrogen) atoms. The van der Waals surface area contributed by atoms with Gasteiger partial charge in [-0.1, -0.05) is 36.4 Å². The van der Waals surface area contributed by atoms with E-state index in [0.29, 0.717) is 25.2 Å². The first-order chi connectivity index (χ1) is 16.5. The molecule has 1 aromatic heterocycles. The largest absolute Gasteiger partial charge is 0.504 e. The van der Waals surface area contributed by atoms with Crippen LogP contribution in [0.4, 0.5) is 0 Å². The summed E-state index contributed by atoms with van der Waals surface area (Å²) in [7, 11) is 0. The number of phenols is 1. The van der Waals surface area contributed by atoms with Gasteiger partial charge in [-0.25, -0.2) is 0 Å². The first kappa shape index (κ1) is 23.8. The van der Waals surface area contributed by atoms with Crippen LogP contribution in [0.2, 0.25) is 0 Å². The molecule has 0 fully saturated rings. The van der Waals surface area contributed by atoms with Gasteiger partial charge in [0.2, 0.25) is 5.91 Å². The van der Waals surface area contributed by atoms with E-state index in [1.165, 1.54) is 0 Å². The molecule has 0 aliphatic carbocycles. The fraction of sp³-hybridized carbons (Fsp3) is 0.423. The summed E-state index contributed by atoms with van der Waals surface area (Å²) in [6.45, 7) is 7.61. The number of carbonyl (C=O) groups is 1. The van der Waals surface area contributed by atoms with Gasteiger partial charge in [0, 0.05) is 39.0 Å². The highest BCUT2D eigenvalue weighted by atomic mass is 16.5. The first-order valence-electron chi connectivity index (χ1n) is 12.0. The molecule has 0 saturated heterocycles. The number of ether oxygens (including phenoxy) is 1. The van der Waals surface area contributed by atoms with Crippen LogP contribution in [-0.2, 0) is 30.7 Å². The summed E-state index contributed by atoms with van der Waals surface area (Å²) in [6, 6.07) is 15.4. The van der Waals surface area contributed by atoms with E-state index >= 15 is 0 Å². The Morgan fingerprint density at radius 1 is 1.12 bits per heavy atom. The van der Waals surface area contributed by atoms with Crippen LogP contribution in [0.25, 0.3) is 0 Å². The van der Waals surface area contributed by atoms with Crippen LogP contribution in [0.1, 0.15) is 49.1 Å². The van der Waals surface area contributed by atoms with Crippen molar-refractivity contribution in [2.75, 3.05) is 19.7 Å². The maximum Gasteiger partial charge on any atom is 0.220 e. The molecule has 180 valence electrons. The van der Waals surface area contributed by atoms with Gasteiger partial charge < -0.3 is 19.7 Å². The third kappa shape index (κ3) is 5.94. The molecule has 3 aromatic rings. The number of phenolic OH excluding ortho intramolecular Hbond substituents is 1. The molecular formula is C26H33N5O3. The number of amides is 1. The van der Waals surface area contributed by atoms with E-state index in [1.54, 1.807) is 6.07 Å². The van der Waals surface area contributed by atoms with Crippen molar-refractivity contribution in [3.63, 3.8) is 0 Å². The molecule has 2 N–H and O–H groups in total. The van der Waals surface area contributed by atoms with Crippen molar-refractivity contribution >= 4 is 5.91 Å². The van der Waals surface area contributed by atoms with Gasteiger partial charge in [-0.3, -0.25) is 9.69 Å². The lowest BCUT2D eigenvalue weighted by atomic mass is 10.1. The Morgan fingerprint density at radius 2 is 1.94 bits per heavy atom. The Bertz CT molecular complexity index is 1100. The molecule has 8 heteroatoms. The minimum atomic E-state index is -0.207. The molecule has 4 rings (SSSR count). The Kier molecular flexibility index (Phi) is 7.80. The number of aryl methyl sites for hydroxylation is 1. The highest BCUT2D eigenvalue weighted by molar-refractivity contribution is 5.76. The number of hydrogen-bond donors (Lipinski definition) is 2. The van der Waals surface area contributed by atoms with Crippen LogP contribution < -0.4 is 10.1 Å². The second kappa shape index (κ2) is 11.2. The summed E-state index contributed by atoms with van der Waals surface area (Å²) < 4.78 is 7.66. The Balaban J connectivity index is 1.33. The maximum absolute atomic E-state index is 12.5. The molecule has 0 bridgehead atoms. The summed E-state index contributed by atoms with van der Waals surface area (Å²) in [6.07, 6.45) is 1.95. The third-order valence-electron chi connectivity index (χ3n) is 6.13. The molecule has 0 radical (unpaired) electrons. The van der Waals surface area contributed by atoms with Gasteiger partial charge >= 0.3 is 0 Å². The number of hydrogen-bond acceptors (Lipinski definition) is 6. The van der Waals surface area contributed by atoms with Crippen molar-refractivity contribution in [2.24, 2.45) is 0 Å². The van der Waals surface area contributed by atoms with Crippen molar-refractivity contribution in [2.45, 2.75) is 52.2 Å². The van der Waals surface area contributed by atoms with Crippen molar-refractivity contribution in [1.29, 1.82) is 0 Å². The van der Waals surface area contributed by atoms with E-state index in [4.69, 9.17) is 4.74 Å². The lowest BCUT2D eigenvalue weighted by molar-refractivity contribution is -0.121. The molecule has 2 heterocycles. The molecule has 1 amide bonds. The third-order valence-corrected chi connectivity index (χ3v) is 6.13. The summed E-state index contributed by atoms with van der Waals surface area (Å²) in [5.74, 6) is 2.45. The standard InChI is InChI=1S/C26H33N5O3/c1-3-34-23-17-21(9-11-22(23)32)18-30-14-13-24-28-29-26(31(24)16-15-30)19(2)27-25(33)12-10-20-7-5-4-6-8-20/h4-9,11,17,19,32H,3,10,12-16,18H2,1-2H3,(H,27,33)/t19-/m1/s1. The SMILES string of the molecule is CCOc1cc(CN2CCc3nnc([C@@H](C)NC(=O)CCc4ccccc4)n3CC2)ccc1O. The van der Waals surface area contributed by atoms with E-state index in [0.717, 1.165) is 55.4 Å². The van der Waals surface area contributed by atoms with Crippen molar-refractivity contribution in [1.82, 2.24) is 25.0 Å². The number of fused-ring (bicyclic) bond motifs is 1. The van der Waals surface area contributed by atoms with Gasteiger partial charge in [-0.2, -0.15) is 0 Å². The molecule has 0 saturated carbocycles. The zero-order valence-electron chi connectivity index (χ0n) is 19.9. The highest BCUT2D eigenvalue weighted by Crippen LogP contribution is 2.27. The lowest BCUT2D eigenvalue weighted by Crippen LogP contribution is -2.30. The number of carbonyl (C=O) groups excluding carboxylic acids is 1. The summed E-state index contributed by atoms with van der Waals surface area (Å²) in [4.78, 5) is 14.9. The van der Waals surface area contributed by atoms with Crippen LogP contribution in [0.3, 0.4) is 0 Å². The Labute approximate surface area is 200 Å². The van der Waals surface area contributed by atoms with Gasteiger partial charge in [0.15, 0.2) is 17.3 Å². The van der Waals surface area contributed by atoms with E-state index in [1.807, 2.05) is 56.3 Å². The normalized spacial score (nSPS) is 14.8. The van der Waals surface area contributed by atoms with Crippen LogP contribution in [-0.4, -0.2) is 50.4 Å². The summed E-state index contributed by atoms with van der Waals surface area (Å²) >= 11 is 0. The van der Waals surface area contributed by atoms with E-state index in [9.17, 15) is 9.90 Å². The number of rotatable bonds is 9. The van der Waals surface area contributed by atoms with Crippen molar-refractivity contribution < 1.29 is 14.6 Å². The first-order valence-corrected chi connectivity index (χ1v) is 12.0. The zero-order chi connectivity index (χ0) is 23.9. The summed E-state index contributed by atoms with van der Waals surface area (Å²) in [5.41, 5.74) is 2.25. The Morgan fingerprint density at radius 3 is 2.74 bits per heavy atom. The lowest BCUT2D eigenvalue weighted by Gasteiger charge is -2.21. The summed E-state index contributed by atoms with van der Waals surface area (Å²) in [5, 5.41) is 21.9. The number of benzene rings is 2. The maximum atomic E-state index is 12.5. The minimum Gasteiger partial charge on any atom is -0.504 e. The van der Waals surface area contributed by atoms with Crippen LogP contribution in [0.15, 0.2) is 48.5 Å². The number of aromatic nitrogens is 3. The van der Waals surface area contributed by atoms with Gasteiger partial charge in [-0.15, -0.1) is 10.2 Å². The second-order valence-electron chi connectivity index (χ2n) is 8.66. The smallest absolute Gasteiger partial charge is 0.220 e. The molecule has 0 spiro atoms. The predicted molar refractivity (Wildman–Crippen MR) is 130 cm³/mol. The predicted octanol–water partition coefficient (Wildman–Crippen LogP) is 3.25. The number of nitrogens with one attached hydrogen (secondary N) is 1. The molecule has 2 aromatic carbocycles. The average Bonchev–Trinajstić information content (AvgIpc) is 3.15. The van der Waals surface area contributed by atoms with Gasteiger partial charge in [0.05, 0.1) is 12.6 Å². The topological polar surface area (TPSA) is 92.5 Å². The number of nitrogens with zero attached hydrogens (tertiary/aromatic N) is 4. The molecular weight excluding hydrogens is 430 g/mol. The van der Waals surface area contributed by atoms with Gasteiger partial charge in [0.25, 0.3) is 0 Å². The van der Waals surface area contributed by atoms with E-state index in [2.05, 4.69) is 25.0 Å². The average molecular weight is 464 g/mol. The molecule has 1 atom stereocenters. The number of aromatic hydroxyl groups is 1.